The Kier molecular flexibility index (Phi) is 4.11. The van der Waals surface area contributed by atoms with Gasteiger partial charge in [-0.1, -0.05) is 35.9 Å². The largest absolute Gasteiger partial charge is 0.302 e. The normalized spacial score (nSPS) is 14.2. The lowest BCUT2D eigenvalue weighted by Crippen LogP contribution is -2.23. The molecule has 0 radical (unpaired) electrons. The third kappa shape index (κ3) is 3.17. The lowest BCUT2D eigenvalue weighted by atomic mass is 10.0. The van der Waals surface area contributed by atoms with Gasteiger partial charge in [-0.25, -0.2) is 0 Å². The highest BCUT2D eigenvalue weighted by molar-refractivity contribution is 5.25. The Labute approximate surface area is 109 Å². The summed E-state index contributed by atoms with van der Waals surface area (Å²) < 4.78 is 0. The SMILES string of the molecule is Cc1cccc(C(C)NC(C)c2ccccn2)c1. The summed E-state index contributed by atoms with van der Waals surface area (Å²) in [7, 11) is 0. The molecule has 0 aliphatic heterocycles. The van der Waals surface area contributed by atoms with Crippen molar-refractivity contribution in [2.24, 2.45) is 0 Å². The van der Waals surface area contributed by atoms with Crippen molar-refractivity contribution < 1.29 is 0 Å². The van der Waals surface area contributed by atoms with Crippen LogP contribution in [-0.4, -0.2) is 4.98 Å². The summed E-state index contributed by atoms with van der Waals surface area (Å²) in [4.78, 5) is 4.38. The number of aryl methyl sites for hydroxylation is 1. The number of nitrogens with zero attached hydrogens (tertiary/aromatic N) is 1. The van der Waals surface area contributed by atoms with Gasteiger partial charge in [0.15, 0.2) is 0 Å². The highest BCUT2D eigenvalue weighted by Crippen LogP contribution is 2.18. The molecular formula is C16H20N2. The van der Waals surface area contributed by atoms with Crippen molar-refractivity contribution in [2.45, 2.75) is 32.9 Å². The van der Waals surface area contributed by atoms with Gasteiger partial charge in [0.2, 0.25) is 0 Å². The summed E-state index contributed by atoms with van der Waals surface area (Å²) in [6.07, 6.45) is 1.84. The van der Waals surface area contributed by atoms with Gasteiger partial charge < -0.3 is 5.32 Å². The zero-order valence-electron chi connectivity index (χ0n) is 11.2. The molecule has 18 heavy (non-hydrogen) atoms. The van der Waals surface area contributed by atoms with Crippen molar-refractivity contribution in [1.82, 2.24) is 10.3 Å². The maximum absolute atomic E-state index is 4.38. The molecule has 0 saturated carbocycles. The van der Waals surface area contributed by atoms with Crippen LogP contribution in [0.5, 0.6) is 0 Å². The van der Waals surface area contributed by atoms with E-state index < -0.39 is 0 Å². The van der Waals surface area contributed by atoms with Gasteiger partial charge in [0, 0.05) is 18.3 Å². The molecule has 2 aromatic rings. The number of rotatable bonds is 4. The van der Waals surface area contributed by atoms with Crippen LogP contribution in [0.3, 0.4) is 0 Å². The number of hydrogen-bond donors (Lipinski definition) is 1. The van der Waals surface area contributed by atoms with E-state index in [4.69, 9.17) is 0 Å². The Morgan fingerprint density at radius 1 is 1.00 bits per heavy atom. The lowest BCUT2D eigenvalue weighted by molar-refractivity contribution is 0.486. The lowest BCUT2D eigenvalue weighted by Gasteiger charge is -2.20. The molecule has 94 valence electrons. The first-order valence-electron chi connectivity index (χ1n) is 6.40. The molecule has 0 bridgehead atoms. The second kappa shape index (κ2) is 5.78. The van der Waals surface area contributed by atoms with E-state index >= 15 is 0 Å². The number of aromatic nitrogens is 1. The average molecular weight is 240 g/mol. The zero-order valence-corrected chi connectivity index (χ0v) is 11.2. The summed E-state index contributed by atoms with van der Waals surface area (Å²) in [5, 5.41) is 3.58. The summed E-state index contributed by atoms with van der Waals surface area (Å²) >= 11 is 0. The molecule has 1 aromatic carbocycles. The summed E-state index contributed by atoms with van der Waals surface area (Å²) in [6, 6.07) is 15.2. The molecule has 2 unspecified atom stereocenters. The van der Waals surface area contributed by atoms with Crippen molar-refractivity contribution in [3.05, 3.63) is 65.5 Å². The van der Waals surface area contributed by atoms with E-state index in [1.165, 1.54) is 11.1 Å². The molecule has 2 rings (SSSR count). The van der Waals surface area contributed by atoms with Crippen LogP contribution in [0, 0.1) is 6.92 Å². The van der Waals surface area contributed by atoms with Gasteiger partial charge in [0.05, 0.1) is 5.69 Å². The van der Waals surface area contributed by atoms with Crippen molar-refractivity contribution >= 4 is 0 Å². The monoisotopic (exact) mass is 240 g/mol. The van der Waals surface area contributed by atoms with Crippen LogP contribution in [0.4, 0.5) is 0 Å². The number of nitrogens with one attached hydrogen (secondary N) is 1. The van der Waals surface area contributed by atoms with Crippen LogP contribution in [0.25, 0.3) is 0 Å². The molecule has 0 fully saturated rings. The zero-order chi connectivity index (χ0) is 13.0. The van der Waals surface area contributed by atoms with Crippen LogP contribution in [0.2, 0.25) is 0 Å². The van der Waals surface area contributed by atoms with E-state index in [1.54, 1.807) is 0 Å². The fourth-order valence-corrected chi connectivity index (χ4v) is 2.13. The summed E-state index contributed by atoms with van der Waals surface area (Å²) in [5.41, 5.74) is 3.70. The number of hydrogen-bond acceptors (Lipinski definition) is 2. The first-order chi connectivity index (χ1) is 8.66. The van der Waals surface area contributed by atoms with E-state index in [-0.39, 0.29) is 6.04 Å². The maximum Gasteiger partial charge on any atom is 0.0570 e. The average Bonchev–Trinajstić information content (AvgIpc) is 2.39. The molecule has 0 amide bonds. The van der Waals surface area contributed by atoms with E-state index in [1.807, 2.05) is 18.3 Å². The maximum atomic E-state index is 4.38. The van der Waals surface area contributed by atoms with Gasteiger partial charge in [0.1, 0.15) is 0 Å². The van der Waals surface area contributed by atoms with Crippen molar-refractivity contribution in [2.75, 3.05) is 0 Å². The van der Waals surface area contributed by atoms with E-state index in [0.29, 0.717) is 6.04 Å². The molecule has 2 atom stereocenters. The van der Waals surface area contributed by atoms with E-state index in [0.717, 1.165) is 5.69 Å². The Bertz CT molecular complexity index is 493. The van der Waals surface area contributed by atoms with Crippen molar-refractivity contribution in [1.29, 1.82) is 0 Å². The minimum Gasteiger partial charge on any atom is -0.302 e. The molecule has 1 aromatic heterocycles. The molecule has 2 heteroatoms. The van der Waals surface area contributed by atoms with Crippen molar-refractivity contribution in [3.63, 3.8) is 0 Å². The standard InChI is InChI=1S/C16H20N2/c1-12-7-6-8-15(11-12)13(2)18-14(3)16-9-4-5-10-17-16/h4-11,13-14,18H,1-3H3. The molecule has 1 N–H and O–H groups in total. The Hall–Kier alpha value is -1.67. The minimum absolute atomic E-state index is 0.252. The van der Waals surface area contributed by atoms with Gasteiger partial charge in [0.25, 0.3) is 0 Å². The van der Waals surface area contributed by atoms with Crippen LogP contribution >= 0.6 is 0 Å². The minimum atomic E-state index is 0.252. The van der Waals surface area contributed by atoms with Gasteiger partial charge in [-0.3, -0.25) is 4.98 Å². The van der Waals surface area contributed by atoms with Gasteiger partial charge in [-0.05, 0) is 38.5 Å². The smallest absolute Gasteiger partial charge is 0.0570 e. The molecule has 0 saturated heterocycles. The fraction of sp³-hybridized carbons (Fsp3) is 0.312. The first-order valence-corrected chi connectivity index (χ1v) is 6.40. The van der Waals surface area contributed by atoms with Gasteiger partial charge in [-0.15, -0.1) is 0 Å². The highest BCUT2D eigenvalue weighted by Gasteiger charge is 2.11. The van der Waals surface area contributed by atoms with E-state index in [9.17, 15) is 0 Å². The molecule has 0 spiro atoms. The predicted octanol–water partition coefficient (Wildman–Crippen LogP) is 3.80. The topological polar surface area (TPSA) is 24.9 Å². The predicted molar refractivity (Wildman–Crippen MR) is 75.4 cm³/mol. The fourth-order valence-electron chi connectivity index (χ4n) is 2.13. The quantitative estimate of drug-likeness (QED) is 0.879. The third-order valence-electron chi connectivity index (χ3n) is 3.17. The Balaban J connectivity index is 2.05. The molecule has 0 aliphatic rings. The first kappa shape index (κ1) is 12.8. The van der Waals surface area contributed by atoms with Crippen LogP contribution in [-0.2, 0) is 0 Å². The van der Waals surface area contributed by atoms with Crippen LogP contribution in [0.1, 0.15) is 42.8 Å². The van der Waals surface area contributed by atoms with Gasteiger partial charge in [-0.2, -0.15) is 0 Å². The summed E-state index contributed by atoms with van der Waals surface area (Å²) in [5.74, 6) is 0. The van der Waals surface area contributed by atoms with E-state index in [2.05, 4.69) is 61.4 Å². The summed E-state index contributed by atoms with van der Waals surface area (Å²) in [6.45, 7) is 6.46. The highest BCUT2D eigenvalue weighted by atomic mass is 15.0. The Morgan fingerprint density at radius 2 is 1.83 bits per heavy atom. The third-order valence-corrected chi connectivity index (χ3v) is 3.17. The number of benzene rings is 1. The van der Waals surface area contributed by atoms with Crippen LogP contribution < -0.4 is 5.32 Å². The van der Waals surface area contributed by atoms with Crippen LogP contribution in [0.15, 0.2) is 48.7 Å². The molecule has 1 heterocycles. The molecule has 0 aliphatic carbocycles. The van der Waals surface area contributed by atoms with Gasteiger partial charge >= 0.3 is 0 Å². The van der Waals surface area contributed by atoms with Crippen molar-refractivity contribution in [3.8, 4) is 0 Å². The second-order valence-corrected chi connectivity index (χ2v) is 4.78. The molecular weight excluding hydrogens is 220 g/mol. The number of pyridine rings is 1. The molecule has 2 nitrogen and oxygen atoms in total. The Morgan fingerprint density at radius 3 is 2.50 bits per heavy atom. The second-order valence-electron chi connectivity index (χ2n) is 4.78.